The normalized spacial score (nSPS) is 11.3. The maximum atomic E-state index is 11.5. The minimum Gasteiger partial charge on any atom is -0.459 e. The number of nitrogen functional groups attached to an aromatic ring is 1. The zero-order valence-electron chi connectivity index (χ0n) is 11.2. The summed E-state index contributed by atoms with van der Waals surface area (Å²) in [5.74, 6) is 1.17. The van der Waals surface area contributed by atoms with E-state index in [1.54, 1.807) is 11.8 Å². The second-order valence-electron chi connectivity index (χ2n) is 5.13. The van der Waals surface area contributed by atoms with Gasteiger partial charge in [0.25, 0.3) is 0 Å². The van der Waals surface area contributed by atoms with Gasteiger partial charge in [-0.1, -0.05) is 12.1 Å². The van der Waals surface area contributed by atoms with E-state index >= 15 is 0 Å². The van der Waals surface area contributed by atoms with Crippen LogP contribution in [-0.4, -0.2) is 23.1 Å². The van der Waals surface area contributed by atoms with Gasteiger partial charge in [-0.15, -0.1) is 11.8 Å². The van der Waals surface area contributed by atoms with E-state index in [4.69, 9.17) is 10.5 Å². The first kappa shape index (κ1) is 14.9. The average Bonchev–Trinajstić information content (AvgIpc) is 2.24. The van der Waals surface area contributed by atoms with Gasteiger partial charge in [-0.25, -0.2) is 0 Å². The van der Waals surface area contributed by atoms with Crippen LogP contribution in [0.5, 0.6) is 0 Å². The first-order chi connectivity index (χ1) is 8.37. The minimum absolute atomic E-state index is 0.148. The maximum absolute atomic E-state index is 11.5. The summed E-state index contributed by atoms with van der Waals surface area (Å²) in [6.07, 6.45) is 0.938. The highest BCUT2D eigenvalue weighted by molar-refractivity contribution is 7.99. The standard InChI is InChI=1S/C14H21NO2S/c1-14(2,3)17-13(16)10-18-9-8-11-4-6-12(15)7-5-11/h4-7H,8-10,15H2,1-3H3. The van der Waals surface area contributed by atoms with Crippen LogP contribution in [0.25, 0.3) is 0 Å². The molecule has 0 heterocycles. The molecule has 0 atom stereocenters. The predicted molar refractivity (Wildman–Crippen MR) is 77.7 cm³/mol. The number of aryl methyl sites for hydroxylation is 1. The number of carbonyl (C=O) groups is 1. The van der Waals surface area contributed by atoms with Gasteiger partial charge in [0, 0.05) is 5.69 Å². The van der Waals surface area contributed by atoms with Crippen molar-refractivity contribution >= 4 is 23.4 Å². The topological polar surface area (TPSA) is 52.3 Å². The van der Waals surface area contributed by atoms with Gasteiger partial charge in [-0.05, 0) is 50.6 Å². The predicted octanol–water partition coefficient (Wildman–Crippen LogP) is 2.89. The largest absolute Gasteiger partial charge is 0.459 e. The summed E-state index contributed by atoms with van der Waals surface area (Å²) in [6.45, 7) is 5.64. The molecule has 0 saturated heterocycles. The van der Waals surface area contributed by atoms with Crippen molar-refractivity contribution in [3.05, 3.63) is 29.8 Å². The number of benzene rings is 1. The fraction of sp³-hybridized carbons (Fsp3) is 0.500. The Morgan fingerprint density at radius 1 is 1.28 bits per heavy atom. The van der Waals surface area contributed by atoms with Crippen molar-refractivity contribution in [2.45, 2.75) is 32.8 Å². The first-order valence-corrected chi connectivity index (χ1v) is 7.16. The van der Waals surface area contributed by atoms with Crippen molar-refractivity contribution in [3.63, 3.8) is 0 Å². The van der Waals surface area contributed by atoms with Crippen molar-refractivity contribution in [3.8, 4) is 0 Å². The molecule has 18 heavy (non-hydrogen) atoms. The Hall–Kier alpha value is -1.16. The summed E-state index contributed by atoms with van der Waals surface area (Å²) < 4.78 is 5.23. The van der Waals surface area contributed by atoms with Gasteiger partial charge in [0.2, 0.25) is 0 Å². The van der Waals surface area contributed by atoms with Crippen LogP contribution in [-0.2, 0) is 16.0 Å². The van der Waals surface area contributed by atoms with E-state index in [1.807, 2.05) is 45.0 Å². The first-order valence-electron chi connectivity index (χ1n) is 6.01. The zero-order chi connectivity index (χ0) is 13.6. The zero-order valence-corrected chi connectivity index (χ0v) is 12.0. The Labute approximate surface area is 113 Å². The highest BCUT2D eigenvalue weighted by Crippen LogP contribution is 2.12. The maximum Gasteiger partial charge on any atom is 0.316 e. The monoisotopic (exact) mass is 267 g/mol. The Kier molecular flexibility index (Phi) is 5.54. The number of nitrogens with two attached hydrogens (primary N) is 1. The highest BCUT2D eigenvalue weighted by atomic mass is 32.2. The molecule has 0 aromatic heterocycles. The van der Waals surface area contributed by atoms with Crippen LogP contribution in [0.1, 0.15) is 26.3 Å². The van der Waals surface area contributed by atoms with Crippen molar-refractivity contribution in [2.24, 2.45) is 0 Å². The molecule has 2 N–H and O–H groups in total. The van der Waals surface area contributed by atoms with Crippen molar-refractivity contribution in [1.29, 1.82) is 0 Å². The molecule has 0 aliphatic heterocycles. The third-order valence-corrected chi connectivity index (χ3v) is 3.09. The summed E-state index contributed by atoms with van der Waals surface area (Å²) in [7, 11) is 0. The molecule has 0 fully saturated rings. The van der Waals surface area contributed by atoms with Crippen LogP contribution in [0.4, 0.5) is 5.69 Å². The number of anilines is 1. The molecule has 3 nitrogen and oxygen atoms in total. The second kappa shape index (κ2) is 6.69. The van der Waals surface area contributed by atoms with Crippen LogP contribution < -0.4 is 5.73 Å². The SMILES string of the molecule is CC(C)(C)OC(=O)CSCCc1ccc(N)cc1. The lowest BCUT2D eigenvalue weighted by atomic mass is 10.2. The van der Waals surface area contributed by atoms with Gasteiger partial charge in [-0.2, -0.15) is 0 Å². The van der Waals surface area contributed by atoms with Crippen molar-refractivity contribution in [2.75, 3.05) is 17.2 Å². The molecule has 1 rings (SSSR count). The molecule has 4 heteroatoms. The molecular weight excluding hydrogens is 246 g/mol. The molecular formula is C14H21NO2S. The number of esters is 1. The van der Waals surface area contributed by atoms with Crippen LogP contribution in [0.3, 0.4) is 0 Å². The fourth-order valence-corrected chi connectivity index (χ4v) is 2.15. The molecule has 1 aromatic carbocycles. The third-order valence-electron chi connectivity index (χ3n) is 2.15. The molecule has 0 unspecified atom stereocenters. The lowest BCUT2D eigenvalue weighted by Gasteiger charge is -2.19. The summed E-state index contributed by atoms with van der Waals surface area (Å²) >= 11 is 1.60. The van der Waals surface area contributed by atoms with Gasteiger partial charge in [0.15, 0.2) is 0 Å². The van der Waals surface area contributed by atoms with Crippen molar-refractivity contribution < 1.29 is 9.53 Å². The molecule has 0 amide bonds. The summed E-state index contributed by atoms with van der Waals surface area (Å²) in [5.41, 5.74) is 7.23. The second-order valence-corrected chi connectivity index (χ2v) is 6.24. The summed E-state index contributed by atoms with van der Waals surface area (Å²) in [6, 6.07) is 7.83. The number of thioether (sulfide) groups is 1. The van der Waals surface area contributed by atoms with Gasteiger partial charge in [-0.3, -0.25) is 4.79 Å². The van der Waals surface area contributed by atoms with E-state index in [2.05, 4.69) is 0 Å². The van der Waals surface area contributed by atoms with Crippen LogP contribution >= 0.6 is 11.8 Å². The number of carbonyl (C=O) groups excluding carboxylic acids is 1. The Morgan fingerprint density at radius 2 is 1.89 bits per heavy atom. The lowest BCUT2D eigenvalue weighted by Crippen LogP contribution is -2.25. The number of hydrogen-bond donors (Lipinski definition) is 1. The van der Waals surface area contributed by atoms with Crippen LogP contribution in [0, 0.1) is 0 Å². The van der Waals surface area contributed by atoms with Crippen LogP contribution in [0.2, 0.25) is 0 Å². The summed E-state index contributed by atoms with van der Waals surface area (Å²) in [4.78, 5) is 11.5. The molecule has 0 aliphatic rings. The van der Waals surface area contributed by atoms with Crippen molar-refractivity contribution in [1.82, 2.24) is 0 Å². The number of ether oxygens (including phenoxy) is 1. The van der Waals surface area contributed by atoms with E-state index in [-0.39, 0.29) is 5.97 Å². The van der Waals surface area contributed by atoms with Gasteiger partial charge in [0.05, 0.1) is 5.75 Å². The Morgan fingerprint density at radius 3 is 2.44 bits per heavy atom. The van der Waals surface area contributed by atoms with E-state index < -0.39 is 5.60 Å². The van der Waals surface area contributed by atoms with Gasteiger partial charge < -0.3 is 10.5 Å². The quantitative estimate of drug-likeness (QED) is 0.506. The smallest absolute Gasteiger partial charge is 0.316 e. The summed E-state index contributed by atoms with van der Waals surface area (Å²) in [5, 5.41) is 0. The van der Waals surface area contributed by atoms with E-state index in [0.29, 0.717) is 5.75 Å². The molecule has 0 aliphatic carbocycles. The van der Waals surface area contributed by atoms with Gasteiger partial charge in [0.1, 0.15) is 5.60 Å². The molecule has 0 radical (unpaired) electrons. The third kappa shape index (κ3) is 6.55. The molecule has 0 spiro atoms. The minimum atomic E-state index is -0.394. The van der Waals surface area contributed by atoms with Crippen LogP contribution in [0.15, 0.2) is 24.3 Å². The average molecular weight is 267 g/mol. The highest BCUT2D eigenvalue weighted by Gasteiger charge is 2.15. The van der Waals surface area contributed by atoms with E-state index in [1.165, 1.54) is 5.56 Å². The Balaban J connectivity index is 2.19. The molecule has 0 bridgehead atoms. The molecule has 100 valence electrons. The number of hydrogen-bond acceptors (Lipinski definition) is 4. The van der Waals surface area contributed by atoms with E-state index in [9.17, 15) is 4.79 Å². The molecule has 1 aromatic rings. The van der Waals surface area contributed by atoms with Gasteiger partial charge >= 0.3 is 5.97 Å². The number of rotatable bonds is 5. The lowest BCUT2D eigenvalue weighted by molar-refractivity contribution is -0.151. The molecule has 0 saturated carbocycles. The van der Waals surface area contributed by atoms with E-state index in [0.717, 1.165) is 17.9 Å². The fourth-order valence-electron chi connectivity index (χ4n) is 1.40. The Bertz CT molecular complexity index is 382.